The molecule has 0 aliphatic carbocycles. The van der Waals surface area contributed by atoms with Crippen LogP contribution in [0.1, 0.15) is 16.2 Å². The van der Waals surface area contributed by atoms with Crippen LogP contribution in [0.2, 0.25) is 0 Å². The molecule has 7 heteroatoms. The third kappa shape index (κ3) is 2.86. The average molecular weight is 316 g/mol. The van der Waals surface area contributed by atoms with Crippen LogP contribution in [0.4, 0.5) is 0 Å². The number of aryl methyl sites for hydroxylation is 1. The number of H-pyrrole nitrogens is 1. The molecule has 0 radical (unpaired) electrons. The van der Waals surface area contributed by atoms with Gasteiger partial charge in [0.25, 0.3) is 5.91 Å². The molecule has 1 amide bonds. The van der Waals surface area contributed by atoms with E-state index in [-0.39, 0.29) is 10.8 Å². The second-order valence-corrected chi connectivity index (χ2v) is 5.27. The summed E-state index contributed by atoms with van der Waals surface area (Å²) in [5.41, 5.74) is 1.27. The summed E-state index contributed by atoms with van der Waals surface area (Å²) >= 11 is 4.39. The average Bonchev–Trinajstić information content (AvgIpc) is 2.81. The lowest BCUT2D eigenvalue weighted by atomic mass is 10.4. The van der Waals surface area contributed by atoms with Crippen molar-refractivity contribution in [3.63, 3.8) is 0 Å². The number of nitrogens with one attached hydrogen (secondary N) is 2. The molecule has 2 heterocycles. The van der Waals surface area contributed by atoms with E-state index in [9.17, 15) is 9.59 Å². The molecular formula is C10H10BrN3O2S. The lowest BCUT2D eigenvalue weighted by molar-refractivity contribution is 0.0942. The van der Waals surface area contributed by atoms with Gasteiger partial charge in [-0.15, -0.1) is 0 Å². The van der Waals surface area contributed by atoms with E-state index in [0.29, 0.717) is 17.9 Å². The van der Waals surface area contributed by atoms with E-state index in [4.69, 9.17) is 0 Å². The molecule has 5 nitrogen and oxygen atoms in total. The van der Waals surface area contributed by atoms with Crippen LogP contribution < -0.4 is 10.2 Å². The number of aromatic amines is 1. The van der Waals surface area contributed by atoms with Gasteiger partial charge in [-0.05, 0) is 22.0 Å². The number of hydrogen-bond donors (Lipinski definition) is 2. The predicted molar refractivity (Wildman–Crippen MR) is 69.2 cm³/mol. The zero-order valence-corrected chi connectivity index (χ0v) is 11.4. The number of carbonyl (C=O) groups is 1. The van der Waals surface area contributed by atoms with Crippen molar-refractivity contribution in [2.24, 2.45) is 7.05 Å². The van der Waals surface area contributed by atoms with Crippen LogP contribution in [0.5, 0.6) is 0 Å². The molecule has 0 spiro atoms. The Morgan fingerprint density at radius 1 is 1.65 bits per heavy atom. The van der Waals surface area contributed by atoms with E-state index < -0.39 is 0 Å². The molecule has 2 aromatic heterocycles. The van der Waals surface area contributed by atoms with E-state index in [2.05, 4.69) is 26.2 Å². The molecule has 2 N–H and O–H groups in total. The third-order valence-electron chi connectivity index (χ3n) is 2.21. The second-order valence-electron chi connectivity index (χ2n) is 3.51. The summed E-state index contributed by atoms with van der Waals surface area (Å²) in [4.78, 5) is 25.2. The molecule has 17 heavy (non-hydrogen) atoms. The van der Waals surface area contributed by atoms with Gasteiger partial charge in [-0.25, -0.2) is 0 Å². The lowest BCUT2D eigenvalue weighted by Crippen LogP contribution is -2.25. The van der Waals surface area contributed by atoms with Crippen LogP contribution in [0.25, 0.3) is 0 Å². The normalized spacial score (nSPS) is 10.5. The molecule has 0 saturated heterocycles. The number of amides is 1. The van der Waals surface area contributed by atoms with Gasteiger partial charge in [-0.1, -0.05) is 11.3 Å². The topological polar surface area (TPSA) is 66.9 Å². The number of carbonyl (C=O) groups excluding carboxylic acids is 1. The van der Waals surface area contributed by atoms with Crippen molar-refractivity contribution in [3.8, 4) is 0 Å². The fourth-order valence-corrected chi connectivity index (χ4v) is 2.52. The first-order chi connectivity index (χ1) is 8.06. The van der Waals surface area contributed by atoms with E-state index in [1.807, 2.05) is 0 Å². The Labute approximate surface area is 110 Å². The number of rotatable bonds is 3. The Hall–Kier alpha value is -1.34. The maximum atomic E-state index is 11.8. The SMILES string of the molecule is Cn1cc(Br)cc1C(=O)NCc1csc(=O)[nH]1. The Balaban J connectivity index is 2.02. The van der Waals surface area contributed by atoms with Gasteiger partial charge in [-0.2, -0.15) is 0 Å². The lowest BCUT2D eigenvalue weighted by Gasteiger charge is -2.04. The standard InChI is InChI=1S/C10H10BrN3O2S/c1-14-4-6(11)2-8(14)9(15)12-3-7-5-17-10(16)13-7/h2,4-5H,3H2,1H3,(H,12,15)(H,13,16). The molecule has 90 valence electrons. The van der Waals surface area contributed by atoms with Crippen molar-refractivity contribution in [1.29, 1.82) is 0 Å². The van der Waals surface area contributed by atoms with Gasteiger partial charge in [0.05, 0.1) is 6.54 Å². The van der Waals surface area contributed by atoms with Gasteiger partial charge in [0, 0.05) is 28.8 Å². The molecule has 2 rings (SSSR count). The Morgan fingerprint density at radius 2 is 2.41 bits per heavy atom. The highest BCUT2D eigenvalue weighted by atomic mass is 79.9. The summed E-state index contributed by atoms with van der Waals surface area (Å²) < 4.78 is 2.59. The summed E-state index contributed by atoms with van der Waals surface area (Å²) in [5, 5.41) is 4.44. The predicted octanol–water partition coefficient (Wildman–Crippen LogP) is 1.47. The van der Waals surface area contributed by atoms with Gasteiger partial charge >= 0.3 is 4.87 Å². The first-order valence-electron chi connectivity index (χ1n) is 4.83. The number of hydrogen-bond acceptors (Lipinski definition) is 3. The smallest absolute Gasteiger partial charge is 0.304 e. The summed E-state index contributed by atoms with van der Waals surface area (Å²) in [7, 11) is 1.80. The van der Waals surface area contributed by atoms with Gasteiger partial charge in [0.15, 0.2) is 0 Å². The first-order valence-corrected chi connectivity index (χ1v) is 6.50. The number of aromatic nitrogens is 2. The molecule has 0 bridgehead atoms. The minimum Gasteiger partial charge on any atom is -0.345 e. The van der Waals surface area contributed by atoms with Crippen molar-refractivity contribution in [2.45, 2.75) is 6.54 Å². The van der Waals surface area contributed by atoms with Crippen molar-refractivity contribution in [2.75, 3.05) is 0 Å². The molecule has 2 aromatic rings. The van der Waals surface area contributed by atoms with Gasteiger partial charge in [-0.3, -0.25) is 9.59 Å². The number of halogens is 1. The highest BCUT2D eigenvalue weighted by Gasteiger charge is 2.10. The van der Waals surface area contributed by atoms with Crippen LogP contribution in [-0.2, 0) is 13.6 Å². The highest BCUT2D eigenvalue weighted by Crippen LogP contribution is 2.13. The largest absolute Gasteiger partial charge is 0.345 e. The Kier molecular flexibility index (Phi) is 3.49. The highest BCUT2D eigenvalue weighted by molar-refractivity contribution is 9.10. The maximum Gasteiger partial charge on any atom is 0.304 e. The third-order valence-corrected chi connectivity index (χ3v) is 3.37. The fourth-order valence-electron chi connectivity index (χ4n) is 1.42. The molecular weight excluding hydrogens is 306 g/mol. The van der Waals surface area contributed by atoms with Gasteiger partial charge < -0.3 is 14.9 Å². The van der Waals surface area contributed by atoms with Crippen molar-refractivity contribution in [3.05, 3.63) is 43.2 Å². The second kappa shape index (κ2) is 4.89. The molecule has 0 aromatic carbocycles. The van der Waals surface area contributed by atoms with E-state index in [1.165, 1.54) is 0 Å². The zero-order chi connectivity index (χ0) is 12.4. The molecule has 0 saturated carbocycles. The quantitative estimate of drug-likeness (QED) is 0.900. The van der Waals surface area contributed by atoms with Gasteiger partial charge in [0.1, 0.15) is 5.69 Å². The van der Waals surface area contributed by atoms with E-state index >= 15 is 0 Å². The summed E-state index contributed by atoms with van der Waals surface area (Å²) in [6.45, 7) is 0.320. The van der Waals surface area contributed by atoms with E-state index in [1.54, 1.807) is 29.3 Å². The van der Waals surface area contributed by atoms with Crippen LogP contribution in [-0.4, -0.2) is 15.5 Å². The minimum atomic E-state index is -0.176. The fraction of sp³-hybridized carbons (Fsp3) is 0.200. The zero-order valence-electron chi connectivity index (χ0n) is 8.99. The Bertz CT molecular complexity index is 599. The van der Waals surface area contributed by atoms with Crippen molar-refractivity contribution in [1.82, 2.24) is 14.9 Å². The van der Waals surface area contributed by atoms with Crippen molar-refractivity contribution < 1.29 is 4.79 Å². The molecule has 0 fully saturated rings. The first kappa shape index (κ1) is 12.1. The van der Waals surface area contributed by atoms with Crippen molar-refractivity contribution >= 4 is 33.2 Å². The summed E-state index contributed by atoms with van der Waals surface area (Å²) in [6.07, 6.45) is 1.81. The molecule has 0 aliphatic rings. The van der Waals surface area contributed by atoms with Crippen LogP contribution in [0.15, 0.2) is 26.9 Å². The monoisotopic (exact) mass is 315 g/mol. The summed E-state index contributed by atoms with van der Waals surface area (Å²) in [6, 6.07) is 1.74. The summed E-state index contributed by atoms with van der Waals surface area (Å²) in [5.74, 6) is -0.176. The number of nitrogens with zero attached hydrogens (tertiary/aromatic N) is 1. The molecule has 0 aliphatic heterocycles. The van der Waals surface area contributed by atoms with Crippen LogP contribution in [0, 0.1) is 0 Å². The maximum absolute atomic E-state index is 11.8. The molecule has 0 unspecified atom stereocenters. The van der Waals surface area contributed by atoms with E-state index in [0.717, 1.165) is 15.8 Å². The Morgan fingerprint density at radius 3 is 2.94 bits per heavy atom. The number of thiazole rings is 1. The minimum absolute atomic E-state index is 0.115. The molecule has 0 atom stereocenters. The van der Waals surface area contributed by atoms with Gasteiger partial charge in [0.2, 0.25) is 0 Å². The van der Waals surface area contributed by atoms with Crippen LogP contribution in [0.3, 0.4) is 0 Å². The van der Waals surface area contributed by atoms with Crippen LogP contribution >= 0.6 is 27.3 Å².